The van der Waals surface area contributed by atoms with Crippen molar-refractivity contribution >= 4 is 24.2 Å². The lowest BCUT2D eigenvalue weighted by molar-refractivity contribution is 0.352. The molecule has 0 spiro atoms. The highest BCUT2D eigenvalue weighted by Gasteiger charge is 2.00. The summed E-state index contributed by atoms with van der Waals surface area (Å²) in [4.78, 5) is 0.827. The van der Waals surface area contributed by atoms with E-state index >= 15 is 0 Å². The average Bonchev–Trinajstić information content (AvgIpc) is 2.02. The molecule has 1 aromatic rings. The first-order valence-electron chi connectivity index (χ1n) is 3.85. The van der Waals surface area contributed by atoms with Crippen LogP contribution in [-0.4, -0.2) is 6.61 Å². The first-order valence-corrected chi connectivity index (χ1v) is 4.68. The zero-order valence-electron chi connectivity index (χ0n) is 7.38. The molecule has 0 aliphatic heterocycles. The molecule has 0 heterocycles. The fourth-order valence-corrected chi connectivity index (χ4v) is 1.32. The summed E-state index contributed by atoms with van der Waals surface area (Å²) in [5.74, 6) is 0.669. The Bertz CT molecular complexity index is 323. The predicted molar refractivity (Wildman–Crippen MR) is 59.0 cm³/mol. The van der Waals surface area contributed by atoms with E-state index in [-0.39, 0.29) is 0 Å². The molecule has 0 saturated heterocycles. The molecule has 0 fully saturated rings. The van der Waals surface area contributed by atoms with Gasteiger partial charge in [-0.25, -0.2) is 0 Å². The number of hydrogen-bond acceptors (Lipinski definition) is 2. The molecule has 0 aromatic heterocycles. The Hall–Kier alpha value is -0.600. The molecule has 1 aromatic carbocycles. The van der Waals surface area contributed by atoms with E-state index in [1.54, 1.807) is 12.1 Å². The van der Waals surface area contributed by atoms with Gasteiger partial charge in [0, 0.05) is 4.90 Å². The molecule has 0 saturated carbocycles. The first-order chi connectivity index (χ1) is 6.09. The number of benzene rings is 1. The molecule has 0 unspecified atom stereocenters. The lowest BCUT2D eigenvalue weighted by Gasteiger charge is -2.07. The normalized spacial score (nSPS) is 9.77. The third-order valence-corrected chi connectivity index (χ3v) is 1.96. The summed E-state index contributed by atoms with van der Waals surface area (Å²) in [5.41, 5.74) is 0.964. The van der Waals surface area contributed by atoms with E-state index in [1.165, 1.54) is 0 Å². The second-order valence-electron chi connectivity index (χ2n) is 2.86. The van der Waals surface area contributed by atoms with Gasteiger partial charge in [-0.05, 0) is 30.7 Å². The van der Waals surface area contributed by atoms with Crippen molar-refractivity contribution < 1.29 is 4.74 Å². The van der Waals surface area contributed by atoms with E-state index in [1.807, 2.05) is 13.0 Å². The van der Waals surface area contributed by atoms with Crippen LogP contribution in [0.25, 0.3) is 0 Å². The second kappa shape index (κ2) is 4.58. The van der Waals surface area contributed by atoms with Crippen molar-refractivity contribution in [2.45, 2.75) is 11.8 Å². The summed E-state index contributed by atoms with van der Waals surface area (Å²) >= 11 is 10.1. The van der Waals surface area contributed by atoms with Gasteiger partial charge < -0.3 is 4.74 Å². The fraction of sp³-hybridized carbons (Fsp3) is 0.200. The van der Waals surface area contributed by atoms with Crippen molar-refractivity contribution in [3.05, 3.63) is 35.4 Å². The molecule has 13 heavy (non-hydrogen) atoms. The van der Waals surface area contributed by atoms with E-state index in [4.69, 9.17) is 16.3 Å². The standard InChI is InChI=1S/C10H11ClOS/c1-7(2)6-12-10-4-3-8(13)5-9(10)11/h3-5,13H,1,6H2,2H3. The summed E-state index contributed by atoms with van der Waals surface area (Å²) in [5, 5.41) is 0.578. The summed E-state index contributed by atoms with van der Waals surface area (Å²) in [6, 6.07) is 5.38. The summed E-state index contributed by atoms with van der Waals surface area (Å²) in [7, 11) is 0. The van der Waals surface area contributed by atoms with Crippen LogP contribution in [0.3, 0.4) is 0 Å². The van der Waals surface area contributed by atoms with Crippen LogP contribution in [0.2, 0.25) is 5.02 Å². The van der Waals surface area contributed by atoms with Crippen LogP contribution >= 0.6 is 24.2 Å². The molecule has 0 N–H and O–H groups in total. The van der Waals surface area contributed by atoms with Crippen molar-refractivity contribution in [2.24, 2.45) is 0 Å². The minimum absolute atomic E-state index is 0.492. The molecule has 1 rings (SSSR count). The Balaban J connectivity index is 2.72. The van der Waals surface area contributed by atoms with Crippen molar-refractivity contribution in [3.8, 4) is 5.75 Å². The largest absolute Gasteiger partial charge is 0.488 e. The highest BCUT2D eigenvalue weighted by atomic mass is 35.5. The number of thiol groups is 1. The smallest absolute Gasteiger partial charge is 0.138 e. The SMILES string of the molecule is C=C(C)COc1ccc(S)cc1Cl. The Morgan fingerprint density at radius 2 is 2.31 bits per heavy atom. The van der Waals surface area contributed by atoms with Crippen molar-refractivity contribution in [1.29, 1.82) is 0 Å². The molecule has 1 nitrogen and oxygen atoms in total. The van der Waals surface area contributed by atoms with E-state index < -0.39 is 0 Å². The molecular formula is C10H11ClOS. The van der Waals surface area contributed by atoms with Gasteiger partial charge in [0.1, 0.15) is 12.4 Å². The molecule has 3 heteroatoms. The van der Waals surface area contributed by atoms with Crippen LogP contribution in [-0.2, 0) is 0 Å². The maximum atomic E-state index is 5.91. The minimum Gasteiger partial charge on any atom is -0.488 e. The van der Waals surface area contributed by atoms with Gasteiger partial charge in [-0.1, -0.05) is 18.2 Å². The van der Waals surface area contributed by atoms with Crippen LogP contribution in [0.4, 0.5) is 0 Å². The van der Waals surface area contributed by atoms with Crippen molar-refractivity contribution in [1.82, 2.24) is 0 Å². The topological polar surface area (TPSA) is 9.23 Å². The first kappa shape index (κ1) is 10.5. The van der Waals surface area contributed by atoms with Crippen molar-refractivity contribution in [2.75, 3.05) is 6.61 Å². The molecule has 70 valence electrons. The zero-order valence-corrected chi connectivity index (χ0v) is 9.03. The average molecular weight is 215 g/mol. The van der Waals surface area contributed by atoms with Crippen LogP contribution in [0.1, 0.15) is 6.92 Å². The molecular weight excluding hydrogens is 204 g/mol. The van der Waals surface area contributed by atoms with Crippen LogP contribution < -0.4 is 4.74 Å². The quantitative estimate of drug-likeness (QED) is 0.598. The maximum absolute atomic E-state index is 5.91. The highest BCUT2D eigenvalue weighted by molar-refractivity contribution is 7.80. The molecule has 0 aliphatic carbocycles. The highest BCUT2D eigenvalue weighted by Crippen LogP contribution is 2.26. The van der Waals surface area contributed by atoms with E-state index in [0.29, 0.717) is 17.4 Å². The monoisotopic (exact) mass is 214 g/mol. The minimum atomic E-state index is 0.492. The van der Waals surface area contributed by atoms with Gasteiger partial charge in [-0.2, -0.15) is 0 Å². The third kappa shape index (κ3) is 3.33. The Morgan fingerprint density at radius 3 is 2.85 bits per heavy atom. The molecule has 0 bridgehead atoms. The lowest BCUT2D eigenvalue weighted by atomic mass is 10.3. The lowest BCUT2D eigenvalue weighted by Crippen LogP contribution is -1.97. The number of halogens is 1. The van der Waals surface area contributed by atoms with Crippen LogP contribution in [0.5, 0.6) is 5.75 Å². The summed E-state index contributed by atoms with van der Waals surface area (Å²) < 4.78 is 5.39. The Labute approximate surface area is 88.8 Å². The molecule has 0 radical (unpaired) electrons. The molecule has 0 aliphatic rings. The third-order valence-electron chi connectivity index (χ3n) is 1.39. The van der Waals surface area contributed by atoms with Gasteiger partial charge in [0.05, 0.1) is 5.02 Å². The zero-order chi connectivity index (χ0) is 9.84. The van der Waals surface area contributed by atoms with E-state index in [2.05, 4.69) is 19.2 Å². The van der Waals surface area contributed by atoms with Gasteiger partial charge in [0.25, 0.3) is 0 Å². The van der Waals surface area contributed by atoms with E-state index in [0.717, 1.165) is 10.5 Å². The number of ether oxygens (including phenoxy) is 1. The van der Waals surface area contributed by atoms with Crippen LogP contribution in [0.15, 0.2) is 35.2 Å². The van der Waals surface area contributed by atoms with Crippen LogP contribution in [0, 0.1) is 0 Å². The fourth-order valence-electron chi connectivity index (χ4n) is 0.808. The van der Waals surface area contributed by atoms with E-state index in [9.17, 15) is 0 Å². The van der Waals surface area contributed by atoms with Gasteiger partial charge in [0.2, 0.25) is 0 Å². The summed E-state index contributed by atoms with van der Waals surface area (Å²) in [6.45, 7) is 6.13. The maximum Gasteiger partial charge on any atom is 0.138 e. The number of hydrogen-bond donors (Lipinski definition) is 1. The Kier molecular flexibility index (Phi) is 3.70. The second-order valence-corrected chi connectivity index (χ2v) is 3.78. The van der Waals surface area contributed by atoms with Crippen molar-refractivity contribution in [3.63, 3.8) is 0 Å². The van der Waals surface area contributed by atoms with Gasteiger partial charge >= 0.3 is 0 Å². The summed E-state index contributed by atoms with van der Waals surface area (Å²) in [6.07, 6.45) is 0. The van der Waals surface area contributed by atoms with Gasteiger partial charge in [-0.15, -0.1) is 12.6 Å². The number of rotatable bonds is 3. The molecule has 0 amide bonds. The molecule has 0 atom stereocenters. The Morgan fingerprint density at radius 1 is 1.62 bits per heavy atom. The van der Waals surface area contributed by atoms with Gasteiger partial charge in [-0.3, -0.25) is 0 Å². The van der Waals surface area contributed by atoms with Gasteiger partial charge in [0.15, 0.2) is 0 Å². The predicted octanol–water partition coefficient (Wildman–Crippen LogP) is 3.58.